The summed E-state index contributed by atoms with van der Waals surface area (Å²) < 4.78 is 32.2. The van der Waals surface area contributed by atoms with Gasteiger partial charge in [-0.3, -0.25) is 4.79 Å². The van der Waals surface area contributed by atoms with Crippen LogP contribution in [0.4, 0.5) is 0 Å². The third kappa shape index (κ3) is 3.93. The Balaban J connectivity index is 1.57. The van der Waals surface area contributed by atoms with Crippen molar-refractivity contribution in [2.75, 3.05) is 13.1 Å². The second-order valence-electron chi connectivity index (χ2n) is 5.93. The van der Waals surface area contributed by atoms with E-state index in [1.54, 1.807) is 6.07 Å². The highest BCUT2D eigenvalue weighted by atomic mass is 35.5. The lowest BCUT2D eigenvalue weighted by Gasteiger charge is -2.37. The number of ketones is 1. The SMILES string of the molecule is CC(=O)c1ccc(S(=O)(=O)N2CC(OCc3ccccc3Cl)C2)cc1. The summed E-state index contributed by atoms with van der Waals surface area (Å²) in [5.74, 6) is -0.0964. The summed E-state index contributed by atoms with van der Waals surface area (Å²) in [7, 11) is -3.55. The predicted octanol–water partition coefficient (Wildman–Crippen LogP) is 3.13. The van der Waals surface area contributed by atoms with Gasteiger partial charge in [-0.25, -0.2) is 8.42 Å². The summed E-state index contributed by atoms with van der Waals surface area (Å²) >= 11 is 6.07. The topological polar surface area (TPSA) is 63.7 Å². The van der Waals surface area contributed by atoms with E-state index >= 15 is 0 Å². The normalized spacial score (nSPS) is 15.8. The first-order valence-electron chi connectivity index (χ1n) is 7.84. The average Bonchev–Trinajstić information content (AvgIpc) is 2.55. The molecule has 0 radical (unpaired) electrons. The monoisotopic (exact) mass is 379 g/mol. The molecule has 0 atom stereocenters. The minimum atomic E-state index is -3.55. The molecule has 0 amide bonds. The maximum Gasteiger partial charge on any atom is 0.243 e. The molecular weight excluding hydrogens is 362 g/mol. The van der Waals surface area contributed by atoms with Crippen molar-refractivity contribution in [3.05, 3.63) is 64.7 Å². The number of Topliss-reactive ketones (excluding diaryl/α,β-unsaturated/α-hetero) is 1. The molecule has 132 valence electrons. The molecule has 5 nitrogen and oxygen atoms in total. The van der Waals surface area contributed by atoms with Gasteiger partial charge in [-0.2, -0.15) is 4.31 Å². The van der Waals surface area contributed by atoms with Gasteiger partial charge in [0.05, 0.1) is 17.6 Å². The Labute approximate surface area is 152 Å². The van der Waals surface area contributed by atoms with Gasteiger partial charge in [0, 0.05) is 23.7 Å². The quantitative estimate of drug-likeness (QED) is 0.723. The molecule has 25 heavy (non-hydrogen) atoms. The van der Waals surface area contributed by atoms with Crippen LogP contribution in [0.5, 0.6) is 0 Å². The van der Waals surface area contributed by atoms with E-state index in [2.05, 4.69) is 0 Å². The molecule has 2 aromatic rings. The average molecular weight is 380 g/mol. The van der Waals surface area contributed by atoms with Gasteiger partial charge in [0.1, 0.15) is 0 Å². The number of rotatable bonds is 6. The van der Waals surface area contributed by atoms with Crippen molar-refractivity contribution >= 4 is 27.4 Å². The first-order chi connectivity index (χ1) is 11.9. The Morgan fingerprint density at radius 3 is 2.40 bits per heavy atom. The lowest BCUT2D eigenvalue weighted by Crippen LogP contribution is -2.54. The van der Waals surface area contributed by atoms with Gasteiger partial charge in [-0.05, 0) is 30.7 Å². The van der Waals surface area contributed by atoms with E-state index in [0.717, 1.165) is 5.56 Å². The number of hydrogen-bond acceptors (Lipinski definition) is 4. The van der Waals surface area contributed by atoms with Crippen molar-refractivity contribution in [3.8, 4) is 0 Å². The van der Waals surface area contributed by atoms with E-state index in [0.29, 0.717) is 30.3 Å². The van der Waals surface area contributed by atoms with Crippen LogP contribution in [0.15, 0.2) is 53.4 Å². The van der Waals surface area contributed by atoms with Crippen LogP contribution in [0, 0.1) is 0 Å². The maximum absolute atomic E-state index is 12.5. The Morgan fingerprint density at radius 1 is 1.16 bits per heavy atom. The smallest absolute Gasteiger partial charge is 0.243 e. The Morgan fingerprint density at radius 2 is 1.80 bits per heavy atom. The summed E-state index contributed by atoms with van der Waals surface area (Å²) in [6, 6.07) is 13.4. The molecule has 0 spiro atoms. The number of carbonyl (C=O) groups is 1. The van der Waals surface area contributed by atoms with Crippen LogP contribution in [0.3, 0.4) is 0 Å². The second kappa shape index (κ2) is 7.25. The van der Waals surface area contributed by atoms with E-state index in [4.69, 9.17) is 16.3 Å². The number of hydrogen-bond donors (Lipinski definition) is 0. The largest absolute Gasteiger partial charge is 0.371 e. The van der Waals surface area contributed by atoms with Crippen LogP contribution in [-0.2, 0) is 21.4 Å². The molecule has 0 N–H and O–H groups in total. The van der Waals surface area contributed by atoms with Gasteiger partial charge in [0.2, 0.25) is 10.0 Å². The zero-order valence-electron chi connectivity index (χ0n) is 13.7. The van der Waals surface area contributed by atoms with Gasteiger partial charge in [0.25, 0.3) is 0 Å². The number of sulfonamides is 1. The zero-order chi connectivity index (χ0) is 18.0. The lowest BCUT2D eigenvalue weighted by molar-refractivity contribution is -0.0295. The molecule has 1 heterocycles. The number of ether oxygens (including phenoxy) is 1. The highest BCUT2D eigenvalue weighted by Crippen LogP contribution is 2.25. The molecule has 1 aliphatic rings. The fourth-order valence-corrected chi connectivity index (χ4v) is 4.23. The molecule has 3 rings (SSSR count). The second-order valence-corrected chi connectivity index (χ2v) is 8.27. The van der Waals surface area contributed by atoms with Crippen LogP contribution in [0.25, 0.3) is 0 Å². The molecule has 1 saturated heterocycles. The fraction of sp³-hybridized carbons (Fsp3) is 0.278. The molecule has 7 heteroatoms. The zero-order valence-corrected chi connectivity index (χ0v) is 15.3. The van der Waals surface area contributed by atoms with Crippen LogP contribution in [0.1, 0.15) is 22.8 Å². The minimum Gasteiger partial charge on any atom is -0.371 e. The third-order valence-corrected chi connectivity index (χ3v) is 6.36. The van der Waals surface area contributed by atoms with Gasteiger partial charge < -0.3 is 4.74 Å². The summed E-state index contributed by atoms with van der Waals surface area (Å²) in [5, 5.41) is 0.636. The van der Waals surface area contributed by atoms with E-state index < -0.39 is 10.0 Å². The van der Waals surface area contributed by atoms with Gasteiger partial charge in [-0.1, -0.05) is 41.9 Å². The van der Waals surface area contributed by atoms with Crippen LogP contribution >= 0.6 is 11.6 Å². The number of halogens is 1. The first-order valence-corrected chi connectivity index (χ1v) is 9.66. The maximum atomic E-state index is 12.5. The van der Waals surface area contributed by atoms with Gasteiger partial charge >= 0.3 is 0 Å². The van der Waals surface area contributed by atoms with E-state index in [1.807, 2.05) is 18.2 Å². The highest BCUT2D eigenvalue weighted by molar-refractivity contribution is 7.89. The van der Waals surface area contributed by atoms with Crippen molar-refractivity contribution in [3.63, 3.8) is 0 Å². The summed E-state index contributed by atoms with van der Waals surface area (Å²) in [6.07, 6.45) is -0.150. The molecular formula is C18H18ClNO4S. The summed E-state index contributed by atoms with van der Waals surface area (Å²) in [5.41, 5.74) is 1.37. The Bertz CT molecular complexity index is 874. The van der Waals surface area contributed by atoms with E-state index in [9.17, 15) is 13.2 Å². The van der Waals surface area contributed by atoms with Gasteiger partial charge in [-0.15, -0.1) is 0 Å². The van der Waals surface area contributed by atoms with E-state index in [1.165, 1.54) is 35.5 Å². The molecule has 1 aliphatic heterocycles. The lowest BCUT2D eigenvalue weighted by atomic mass is 10.2. The molecule has 1 fully saturated rings. The van der Waals surface area contributed by atoms with Crippen LogP contribution in [0.2, 0.25) is 5.02 Å². The van der Waals surface area contributed by atoms with Crippen molar-refractivity contribution < 1.29 is 17.9 Å². The molecule has 0 bridgehead atoms. The highest BCUT2D eigenvalue weighted by Gasteiger charge is 2.37. The minimum absolute atomic E-state index is 0.0964. The summed E-state index contributed by atoms with van der Waals surface area (Å²) in [4.78, 5) is 11.5. The number of benzene rings is 2. The van der Waals surface area contributed by atoms with E-state index in [-0.39, 0.29) is 16.8 Å². The van der Waals surface area contributed by atoms with Crippen molar-refractivity contribution in [1.82, 2.24) is 4.31 Å². The Kier molecular flexibility index (Phi) is 5.24. The predicted molar refractivity (Wildman–Crippen MR) is 95.2 cm³/mol. The standard InChI is InChI=1S/C18H18ClNO4S/c1-13(21)14-6-8-17(9-7-14)25(22,23)20-10-16(11-20)24-12-15-4-2-3-5-18(15)19/h2-9,16H,10-12H2,1H3. The van der Waals surface area contributed by atoms with Crippen molar-refractivity contribution in [2.24, 2.45) is 0 Å². The molecule has 0 aliphatic carbocycles. The molecule has 0 aromatic heterocycles. The Hall–Kier alpha value is -1.73. The molecule has 2 aromatic carbocycles. The van der Waals surface area contributed by atoms with Crippen LogP contribution < -0.4 is 0 Å². The first kappa shape index (κ1) is 18.1. The van der Waals surface area contributed by atoms with Crippen LogP contribution in [-0.4, -0.2) is 37.7 Å². The number of carbonyl (C=O) groups excluding carboxylic acids is 1. The van der Waals surface area contributed by atoms with Crippen molar-refractivity contribution in [1.29, 1.82) is 0 Å². The molecule has 0 saturated carbocycles. The summed E-state index contributed by atoms with van der Waals surface area (Å²) in [6.45, 7) is 2.41. The van der Waals surface area contributed by atoms with Gasteiger partial charge in [0.15, 0.2) is 5.78 Å². The number of nitrogens with zero attached hydrogens (tertiary/aromatic N) is 1. The molecule has 0 unspecified atom stereocenters. The third-order valence-electron chi connectivity index (χ3n) is 4.15. The fourth-order valence-electron chi connectivity index (χ4n) is 2.54. The van der Waals surface area contributed by atoms with Crippen molar-refractivity contribution in [2.45, 2.75) is 24.5 Å².